The predicted octanol–water partition coefficient (Wildman–Crippen LogP) is 3.78. The van der Waals surface area contributed by atoms with Gasteiger partial charge in [-0.3, -0.25) is 4.98 Å². The van der Waals surface area contributed by atoms with E-state index in [9.17, 15) is 0 Å². The molecule has 0 bridgehead atoms. The highest BCUT2D eigenvalue weighted by molar-refractivity contribution is 6.30. The molecular formula is C14H12ClN3. The third-order valence-electron chi connectivity index (χ3n) is 2.66. The van der Waals surface area contributed by atoms with Crippen molar-refractivity contribution in [2.45, 2.75) is 13.0 Å². The van der Waals surface area contributed by atoms with Crippen molar-refractivity contribution in [3.8, 4) is 6.07 Å². The summed E-state index contributed by atoms with van der Waals surface area (Å²) in [4.78, 5) is 4.08. The number of aromatic nitrogens is 1. The van der Waals surface area contributed by atoms with Crippen molar-refractivity contribution in [2.75, 3.05) is 5.32 Å². The lowest BCUT2D eigenvalue weighted by Gasteiger charge is -2.16. The van der Waals surface area contributed by atoms with Crippen molar-refractivity contribution in [3.05, 3.63) is 58.9 Å². The molecule has 90 valence electrons. The van der Waals surface area contributed by atoms with Crippen LogP contribution in [0.4, 0.5) is 5.69 Å². The Labute approximate surface area is 111 Å². The van der Waals surface area contributed by atoms with Crippen LogP contribution in [0.25, 0.3) is 0 Å². The normalized spacial score (nSPS) is 11.6. The van der Waals surface area contributed by atoms with E-state index in [2.05, 4.69) is 16.4 Å². The lowest BCUT2D eigenvalue weighted by molar-refractivity contribution is 0.875. The molecule has 1 heterocycles. The minimum Gasteiger partial charge on any atom is -0.377 e. The maximum absolute atomic E-state index is 9.05. The zero-order chi connectivity index (χ0) is 13.0. The van der Waals surface area contributed by atoms with Gasteiger partial charge in [-0.05, 0) is 36.8 Å². The molecule has 18 heavy (non-hydrogen) atoms. The second kappa shape index (κ2) is 5.52. The summed E-state index contributed by atoms with van der Waals surface area (Å²) < 4.78 is 0. The topological polar surface area (TPSA) is 48.7 Å². The van der Waals surface area contributed by atoms with Gasteiger partial charge in [-0.15, -0.1) is 0 Å². The maximum Gasteiger partial charge on any atom is 0.101 e. The number of benzene rings is 1. The zero-order valence-corrected chi connectivity index (χ0v) is 10.6. The molecule has 1 aromatic heterocycles. The van der Waals surface area contributed by atoms with Gasteiger partial charge in [0.2, 0.25) is 0 Å². The summed E-state index contributed by atoms with van der Waals surface area (Å²) in [7, 11) is 0. The molecule has 4 heteroatoms. The third kappa shape index (κ3) is 2.79. The van der Waals surface area contributed by atoms with Crippen molar-refractivity contribution < 1.29 is 0 Å². The number of nitrogens with one attached hydrogen (secondary N) is 1. The van der Waals surface area contributed by atoms with E-state index in [-0.39, 0.29) is 6.04 Å². The highest BCUT2D eigenvalue weighted by Crippen LogP contribution is 2.24. The van der Waals surface area contributed by atoms with Gasteiger partial charge in [-0.2, -0.15) is 5.26 Å². The van der Waals surface area contributed by atoms with E-state index in [1.54, 1.807) is 30.6 Å². The summed E-state index contributed by atoms with van der Waals surface area (Å²) in [5.41, 5.74) is 2.37. The van der Waals surface area contributed by atoms with E-state index in [1.165, 1.54) is 0 Å². The number of nitriles is 1. The van der Waals surface area contributed by atoms with Crippen molar-refractivity contribution in [2.24, 2.45) is 0 Å². The zero-order valence-electron chi connectivity index (χ0n) is 9.89. The molecule has 0 saturated heterocycles. The highest BCUT2D eigenvalue weighted by Gasteiger charge is 2.08. The largest absolute Gasteiger partial charge is 0.377 e. The van der Waals surface area contributed by atoms with Gasteiger partial charge >= 0.3 is 0 Å². The van der Waals surface area contributed by atoms with E-state index in [1.807, 2.05) is 19.1 Å². The van der Waals surface area contributed by atoms with Gasteiger partial charge in [0.1, 0.15) is 6.07 Å². The van der Waals surface area contributed by atoms with Crippen molar-refractivity contribution in [1.82, 2.24) is 4.98 Å². The van der Waals surface area contributed by atoms with Gasteiger partial charge < -0.3 is 5.32 Å². The summed E-state index contributed by atoms with van der Waals surface area (Å²) in [5.74, 6) is 0. The highest BCUT2D eigenvalue weighted by atomic mass is 35.5. The number of halogens is 1. The van der Waals surface area contributed by atoms with Gasteiger partial charge in [0, 0.05) is 17.4 Å². The number of anilines is 1. The molecule has 2 aromatic rings. The number of hydrogen-bond donors (Lipinski definition) is 1. The molecule has 0 saturated carbocycles. The van der Waals surface area contributed by atoms with Crippen LogP contribution in [0.15, 0.2) is 42.7 Å². The van der Waals surface area contributed by atoms with E-state index in [0.29, 0.717) is 10.6 Å². The Bertz CT molecular complexity index is 575. The van der Waals surface area contributed by atoms with Gasteiger partial charge in [-0.25, -0.2) is 0 Å². The van der Waals surface area contributed by atoms with E-state index in [0.717, 1.165) is 11.3 Å². The quantitative estimate of drug-likeness (QED) is 0.910. The third-order valence-corrected chi connectivity index (χ3v) is 2.89. The molecule has 0 amide bonds. The standard InChI is InChI=1S/C14H12ClN3/c1-10(12-3-2-6-17-9-12)18-14-7-13(15)5-4-11(14)8-16/h2-7,9-10,18H,1H3. The van der Waals surface area contributed by atoms with Crippen molar-refractivity contribution in [1.29, 1.82) is 5.26 Å². The summed E-state index contributed by atoms with van der Waals surface area (Å²) in [6.07, 6.45) is 3.53. The van der Waals surface area contributed by atoms with Crippen LogP contribution in [-0.4, -0.2) is 4.98 Å². The Morgan fingerprint density at radius 2 is 2.22 bits per heavy atom. The van der Waals surface area contributed by atoms with Gasteiger partial charge in [0.25, 0.3) is 0 Å². The Balaban J connectivity index is 2.24. The smallest absolute Gasteiger partial charge is 0.101 e. The lowest BCUT2D eigenvalue weighted by atomic mass is 10.1. The van der Waals surface area contributed by atoms with Crippen LogP contribution in [0.5, 0.6) is 0 Å². The fraction of sp³-hybridized carbons (Fsp3) is 0.143. The average Bonchev–Trinajstić information content (AvgIpc) is 2.40. The van der Waals surface area contributed by atoms with Gasteiger partial charge in [0.05, 0.1) is 17.3 Å². The fourth-order valence-electron chi connectivity index (χ4n) is 1.68. The molecule has 1 N–H and O–H groups in total. The molecule has 3 nitrogen and oxygen atoms in total. The predicted molar refractivity (Wildman–Crippen MR) is 72.4 cm³/mol. The minimum absolute atomic E-state index is 0.0595. The summed E-state index contributed by atoms with van der Waals surface area (Å²) in [6, 6.07) is 11.2. The van der Waals surface area contributed by atoms with E-state index < -0.39 is 0 Å². The Morgan fingerprint density at radius 1 is 1.39 bits per heavy atom. The van der Waals surface area contributed by atoms with Gasteiger partial charge in [-0.1, -0.05) is 17.7 Å². The Hall–Kier alpha value is -2.05. The summed E-state index contributed by atoms with van der Waals surface area (Å²) >= 11 is 5.94. The molecule has 0 radical (unpaired) electrons. The number of rotatable bonds is 3. The number of nitrogens with zero attached hydrogens (tertiary/aromatic N) is 2. The second-order valence-corrected chi connectivity index (χ2v) is 4.39. The van der Waals surface area contributed by atoms with Crippen LogP contribution < -0.4 is 5.32 Å². The van der Waals surface area contributed by atoms with Crippen LogP contribution in [0.3, 0.4) is 0 Å². The molecule has 2 rings (SSSR count). The fourth-order valence-corrected chi connectivity index (χ4v) is 1.85. The van der Waals surface area contributed by atoms with Crippen molar-refractivity contribution in [3.63, 3.8) is 0 Å². The first-order valence-electron chi connectivity index (χ1n) is 5.57. The molecular weight excluding hydrogens is 246 g/mol. The summed E-state index contributed by atoms with van der Waals surface area (Å²) in [6.45, 7) is 2.01. The van der Waals surface area contributed by atoms with E-state index >= 15 is 0 Å². The molecule has 0 spiro atoms. The maximum atomic E-state index is 9.05. The Morgan fingerprint density at radius 3 is 2.89 bits per heavy atom. The number of hydrogen-bond acceptors (Lipinski definition) is 3. The monoisotopic (exact) mass is 257 g/mol. The van der Waals surface area contributed by atoms with Crippen LogP contribution >= 0.6 is 11.6 Å². The van der Waals surface area contributed by atoms with Crippen LogP contribution in [0.1, 0.15) is 24.1 Å². The second-order valence-electron chi connectivity index (χ2n) is 3.95. The van der Waals surface area contributed by atoms with Crippen molar-refractivity contribution >= 4 is 17.3 Å². The SMILES string of the molecule is CC(Nc1cc(Cl)ccc1C#N)c1cccnc1. The molecule has 0 aliphatic heterocycles. The molecule has 0 aliphatic rings. The molecule has 1 aromatic carbocycles. The van der Waals surface area contributed by atoms with Crippen LogP contribution in [-0.2, 0) is 0 Å². The number of pyridine rings is 1. The molecule has 1 unspecified atom stereocenters. The lowest BCUT2D eigenvalue weighted by Crippen LogP contribution is -2.08. The minimum atomic E-state index is 0.0595. The average molecular weight is 258 g/mol. The Kier molecular flexibility index (Phi) is 3.81. The van der Waals surface area contributed by atoms with Crippen LogP contribution in [0, 0.1) is 11.3 Å². The first kappa shape index (κ1) is 12.4. The molecule has 0 fully saturated rings. The van der Waals surface area contributed by atoms with Crippen LogP contribution in [0.2, 0.25) is 5.02 Å². The molecule has 1 atom stereocenters. The summed E-state index contributed by atoms with van der Waals surface area (Å²) in [5, 5.41) is 12.9. The van der Waals surface area contributed by atoms with E-state index in [4.69, 9.17) is 16.9 Å². The molecule has 0 aliphatic carbocycles. The first-order chi connectivity index (χ1) is 8.70. The first-order valence-corrected chi connectivity index (χ1v) is 5.94. The van der Waals surface area contributed by atoms with Gasteiger partial charge in [0.15, 0.2) is 0 Å².